The fourth-order valence-electron chi connectivity index (χ4n) is 4.19. The van der Waals surface area contributed by atoms with Crippen molar-refractivity contribution in [2.45, 2.75) is 39.2 Å². The van der Waals surface area contributed by atoms with Gasteiger partial charge in [-0.25, -0.2) is 0 Å². The Morgan fingerprint density at radius 3 is 2.59 bits per heavy atom. The average Bonchev–Trinajstić information content (AvgIpc) is 2.65. The largest absolute Gasteiger partial charge is 0.497 e. The topological polar surface area (TPSA) is 67.9 Å². The lowest BCUT2D eigenvalue weighted by molar-refractivity contribution is -0.152. The molecule has 6 nitrogen and oxygen atoms in total. The number of nitrogens with zero attached hydrogens (tertiary/aromatic N) is 1. The van der Waals surface area contributed by atoms with Crippen molar-refractivity contribution in [3.8, 4) is 5.75 Å². The van der Waals surface area contributed by atoms with E-state index in [1.54, 1.807) is 7.11 Å². The summed E-state index contributed by atoms with van der Waals surface area (Å²) in [5.41, 5.74) is 1.93. The lowest BCUT2D eigenvalue weighted by Crippen LogP contribution is -2.65. The Labute approximate surface area is 173 Å². The van der Waals surface area contributed by atoms with Gasteiger partial charge in [0, 0.05) is 25.7 Å². The van der Waals surface area contributed by atoms with Gasteiger partial charge in [0.1, 0.15) is 5.75 Å². The minimum Gasteiger partial charge on any atom is -0.497 e. The van der Waals surface area contributed by atoms with Crippen molar-refractivity contribution in [3.63, 3.8) is 0 Å². The van der Waals surface area contributed by atoms with Crippen molar-refractivity contribution < 1.29 is 19.1 Å². The van der Waals surface area contributed by atoms with Crippen LogP contribution in [-0.2, 0) is 20.7 Å². The zero-order valence-corrected chi connectivity index (χ0v) is 17.9. The number of rotatable bonds is 8. The first-order valence-corrected chi connectivity index (χ1v) is 10.2. The fraction of sp³-hybridized carbons (Fsp3) is 0.565. The Bertz CT molecular complexity index is 773. The van der Waals surface area contributed by atoms with E-state index in [4.69, 9.17) is 9.47 Å². The van der Waals surface area contributed by atoms with Crippen molar-refractivity contribution in [3.05, 3.63) is 41.5 Å². The van der Waals surface area contributed by atoms with E-state index in [9.17, 15) is 9.59 Å². The second-order valence-electron chi connectivity index (χ2n) is 8.62. The first kappa shape index (κ1) is 21.4. The van der Waals surface area contributed by atoms with Gasteiger partial charge in [-0.05, 0) is 50.8 Å². The maximum atomic E-state index is 13.2. The molecule has 0 radical (unpaired) electrons. The molecular weight excluding hydrogens is 368 g/mol. The van der Waals surface area contributed by atoms with Crippen LogP contribution in [0.5, 0.6) is 5.75 Å². The number of allylic oxidation sites excluding steroid dienone is 1. The minimum absolute atomic E-state index is 0.0561. The molecule has 6 heteroatoms. The standard InChI is InChI=1S/C23H32N2O4/c1-16(2)8-9-25-14-23(15-25,13-17-6-5-7-20(10-17)28-3)22(27)24-19-11-18(12-19)21(26)29-4/h5-8,10,18-19H,9,11-15H2,1-4H3,(H,24,27). The molecular formula is C23H32N2O4. The van der Waals surface area contributed by atoms with Crippen LogP contribution in [0.25, 0.3) is 0 Å². The van der Waals surface area contributed by atoms with E-state index in [-0.39, 0.29) is 23.8 Å². The number of hydrogen-bond acceptors (Lipinski definition) is 5. The molecule has 0 aromatic heterocycles. The van der Waals surface area contributed by atoms with Crippen LogP contribution in [0.3, 0.4) is 0 Å². The number of methoxy groups -OCH3 is 2. The second kappa shape index (κ2) is 8.99. The lowest BCUT2D eigenvalue weighted by atomic mass is 9.72. The molecule has 1 saturated heterocycles. The van der Waals surface area contributed by atoms with Crippen molar-refractivity contribution >= 4 is 11.9 Å². The molecule has 2 fully saturated rings. The van der Waals surface area contributed by atoms with Gasteiger partial charge >= 0.3 is 5.97 Å². The van der Waals surface area contributed by atoms with Crippen molar-refractivity contribution in [2.24, 2.45) is 11.3 Å². The SMILES string of the molecule is COC(=O)C1CC(NC(=O)C2(Cc3cccc(OC)c3)CN(CC=C(C)C)C2)C1. The smallest absolute Gasteiger partial charge is 0.308 e. The highest BCUT2D eigenvalue weighted by Crippen LogP contribution is 2.37. The summed E-state index contributed by atoms with van der Waals surface area (Å²) in [7, 11) is 3.06. The lowest BCUT2D eigenvalue weighted by Gasteiger charge is -2.50. The molecule has 1 N–H and O–H groups in total. The number of benzene rings is 1. The van der Waals surface area contributed by atoms with Crippen LogP contribution in [0.2, 0.25) is 0 Å². The number of nitrogens with one attached hydrogen (secondary N) is 1. The van der Waals surface area contributed by atoms with Crippen LogP contribution < -0.4 is 10.1 Å². The van der Waals surface area contributed by atoms with Crippen molar-refractivity contribution in [1.29, 1.82) is 0 Å². The van der Waals surface area contributed by atoms with Gasteiger partial charge in [0.2, 0.25) is 5.91 Å². The number of carbonyl (C=O) groups excluding carboxylic acids is 2. The number of amides is 1. The highest BCUT2D eigenvalue weighted by molar-refractivity contribution is 5.85. The predicted octanol–water partition coefficient (Wildman–Crippen LogP) is 2.57. The van der Waals surface area contributed by atoms with E-state index in [0.29, 0.717) is 19.3 Å². The summed E-state index contributed by atoms with van der Waals surface area (Å²) in [6.07, 6.45) is 4.19. The van der Waals surface area contributed by atoms with Gasteiger partial charge in [0.25, 0.3) is 0 Å². The van der Waals surface area contributed by atoms with Gasteiger partial charge in [-0.2, -0.15) is 0 Å². The van der Waals surface area contributed by atoms with Crippen molar-refractivity contribution in [1.82, 2.24) is 10.2 Å². The molecule has 1 aromatic carbocycles. The second-order valence-corrected chi connectivity index (χ2v) is 8.62. The normalized spacial score (nSPS) is 22.6. The first-order chi connectivity index (χ1) is 13.8. The summed E-state index contributed by atoms with van der Waals surface area (Å²) in [6.45, 7) is 6.50. The Balaban J connectivity index is 1.66. The molecule has 0 bridgehead atoms. The zero-order chi connectivity index (χ0) is 21.0. The van der Waals surface area contributed by atoms with Crippen LogP contribution in [0.15, 0.2) is 35.9 Å². The summed E-state index contributed by atoms with van der Waals surface area (Å²) in [6, 6.07) is 7.99. The van der Waals surface area contributed by atoms with Gasteiger partial charge in [-0.1, -0.05) is 23.8 Å². The van der Waals surface area contributed by atoms with E-state index >= 15 is 0 Å². The Morgan fingerprint density at radius 1 is 1.24 bits per heavy atom. The number of carbonyl (C=O) groups is 2. The molecule has 2 aliphatic rings. The molecule has 1 aliphatic heterocycles. The third-order valence-corrected chi connectivity index (χ3v) is 5.98. The van der Waals surface area contributed by atoms with Crippen LogP contribution in [-0.4, -0.2) is 56.7 Å². The van der Waals surface area contributed by atoms with E-state index in [0.717, 1.165) is 30.9 Å². The molecule has 0 spiro atoms. The summed E-state index contributed by atoms with van der Waals surface area (Å²) >= 11 is 0. The molecule has 1 aromatic rings. The summed E-state index contributed by atoms with van der Waals surface area (Å²) in [4.78, 5) is 27.1. The maximum Gasteiger partial charge on any atom is 0.308 e. The fourth-order valence-corrected chi connectivity index (χ4v) is 4.19. The first-order valence-electron chi connectivity index (χ1n) is 10.2. The minimum atomic E-state index is -0.446. The van der Waals surface area contributed by atoms with E-state index in [1.807, 2.05) is 24.3 Å². The van der Waals surface area contributed by atoms with E-state index < -0.39 is 5.41 Å². The van der Waals surface area contributed by atoms with Gasteiger partial charge < -0.3 is 14.8 Å². The number of esters is 1. The summed E-state index contributed by atoms with van der Waals surface area (Å²) in [5, 5.41) is 3.18. The molecule has 0 atom stereocenters. The number of likely N-dealkylation sites (tertiary alicyclic amines) is 1. The third kappa shape index (κ3) is 4.99. The Kier molecular flexibility index (Phi) is 6.63. The molecule has 0 unspecified atom stereocenters. The number of hydrogen-bond donors (Lipinski definition) is 1. The molecule has 1 heterocycles. The average molecular weight is 401 g/mol. The van der Waals surface area contributed by atoms with Gasteiger partial charge in [0.05, 0.1) is 25.6 Å². The van der Waals surface area contributed by atoms with Crippen LogP contribution in [0, 0.1) is 11.3 Å². The molecule has 1 amide bonds. The summed E-state index contributed by atoms with van der Waals surface area (Å²) in [5.74, 6) is 0.620. The van der Waals surface area contributed by atoms with Crippen molar-refractivity contribution in [2.75, 3.05) is 33.9 Å². The van der Waals surface area contributed by atoms with Crippen LogP contribution in [0.1, 0.15) is 32.3 Å². The highest BCUT2D eigenvalue weighted by Gasteiger charge is 2.50. The molecule has 3 rings (SSSR count). The monoisotopic (exact) mass is 400 g/mol. The maximum absolute atomic E-state index is 13.2. The van der Waals surface area contributed by atoms with Crippen LogP contribution in [0.4, 0.5) is 0 Å². The number of ether oxygens (including phenoxy) is 2. The Morgan fingerprint density at radius 2 is 1.97 bits per heavy atom. The zero-order valence-electron chi connectivity index (χ0n) is 17.9. The summed E-state index contributed by atoms with van der Waals surface area (Å²) < 4.78 is 10.1. The Hall–Kier alpha value is -2.34. The van der Waals surface area contributed by atoms with Crippen LogP contribution >= 0.6 is 0 Å². The van der Waals surface area contributed by atoms with Gasteiger partial charge in [-0.3, -0.25) is 14.5 Å². The quantitative estimate of drug-likeness (QED) is 0.537. The molecule has 158 valence electrons. The highest BCUT2D eigenvalue weighted by atomic mass is 16.5. The van der Waals surface area contributed by atoms with Gasteiger partial charge in [-0.15, -0.1) is 0 Å². The van der Waals surface area contributed by atoms with Gasteiger partial charge in [0.15, 0.2) is 0 Å². The molecule has 1 aliphatic carbocycles. The third-order valence-electron chi connectivity index (χ3n) is 5.98. The van der Waals surface area contributed by atoms with E-state index in [1.165, 1.54) is 12.7 Å². The molecule has 1 saturated carbocycles. The molecule has 29 heavy (non-hydrogen) atoms. The van der Waals surface area contributed by atoms with E-state index in [2.05, 4.69) is 30.1 Å². The predicted molar refractivity (Wildman–Crippen MR) is 112 cm³/mol.